The minimum absolute atomic E-state index is 0.107. The van der Waals surface area contributed by atoms with Crippen molar-refractivity contribution in [2.45, 2.75) is 33.2 Å². The van der Waals surface area contributed by atoms with Gasteiger partial charge in [0.05, 0.1) is 18.6 Å². The van der Waals surface area contributed by atoms with Gasteiger partial charge in [0.2, 0.25) is 5.78 Å². The molecule has 0 saturated heterocycles. The monoisotopic (exact) mass is 419 g/mol. The van der Waals surface area contributed by atoms with Crippen LogP contribution in [-0.2, 0) is 20.7 Å². The van der Waals surface area contributed by atoms with Crippen LogP contribution >= 0.6 is 11.6 Å². The maximum absolute atomic E-state index is 12.7. The van der Waals surface area contributed by atoms with E-state index in [2.05, 4.69) is 4.57 Å². The molecule has 2 atom stereocenters. The van der Waals surface area contributed by atoms with Gasteiger partial charge in [0, 0.05) is 29.1 Å². The maximum atomic E-state index is 12.7. The van der Waals surface area contributed by atoms with Crippen molar-refractivity contribution in [2.75, 3.05) is 26.9 Å². The van der Waals surface area contributed by atoms with Gasteiger partial charge >= 0.3 is 5.97 Å². The number of carbonyl (C=O) groups excluding carboxylic acids is 2. The summed E-state index contributed by atoms with van der Waals surface area (Å²) in [4.78, 5) is 25.1. The summed E-state index contributed by atoms with van der Waals surface area (Å²) in [6.45, 7) is 6.36. The lowest BCUT2D eigenvalue weighted by molar-refractivity contribution is -0.148. The van der Waals surface area contributed by atoms with E-state index in [1.807, 2.05) is 26.8 Å². The SMILES string of the molecule is COC[C@H](C)n1c(C)cc(C(=O)COC(=O)[C@@H]2COc3ccc(Cl)cc3C2)c1C. The number of methoxy groups -OCH3 is 1. The molecule has 1 aromatic heterocycles. The first-order valence-electron chi connectivity index (χ1n) is 9.60. The molecule has 1 aliphatic rings. The van der Waals surface area contributed by atoms with Gasteiger partial charge in [0.1, 0.15) is 12.4 Å². The van der Waals surface area contributed by atoms with Crippen molar-refractivity contribution >= 4 is 23.4 Å². The lowest BCUT2D eigenvalue weighted by atomic mass is 9.97. The number of halogens is 1. The number of aromatic nitrogens is 1. The van der Waals surface area contributed by atoms with Gasteiger partial charge in [-0.3, -0.25) is 9.59 Å². The van der Waals surface area contributed by atoms with Gasteiger partial charge in [0.15, 0.2) is 6.61 Å². The van der Waals surface area contributed by atoms with Crippen LogP contribution in [0.25, 0.3) is 0 Å². The molecule has 29 heavy (non-hydrogen) atoms. The standard InChI is InChI=1S/C22H26ClNO5/c1-13-7-19(15(3)24(13)14(2)10-27-4)20(25)12-29-22(26)17-8-16-9-18(23)5-6-21(16)28-11-17/h5-7,9,14,17H,8,10-12H2,1-4H3/t14-,17-/m0/s1. The second-order valence-corrected chi connectivity index (χ2v) is 7.89. The minimum Gasteiger partial charge on any atom is -0.492 e. The van der Waals surface area contributed by atoms with Gasteiger partial charge in [-0.1, -0.05) is 11.6 Å². The molecule has 0 unspecified atom stereocenters. The Labute approximate surface area is 175 Å². The van der Waals surface area contributed by atoms with Crippen LogP contribution in [0.3, 0.4) is 0 Å². The average molecular weight is 420 g/mol. The Morgan fingerprint density at radius 1 is 1.31 bits per heavy atom. The zero-order chi connectivity index (χ0) is 21.1. The van der Waals surface area contributed by atoms with Gasteiger partial charge < -0.3 is 18.8 Å². The largest absolute Gasteiger partial charge is 0.492 e. The molecule has 6 nitrogen and oxygen atoms in total. The summed E-state index contributed by atoms with van der Waals surface area (Å²) in [6, 6.07) is 7.28. The van der Waals surface area contributed by atoms with Crippen molar-refractivity contribution in [3.63, 3.8) is 0 Å². The molecule has 0 N–H and O–H groups in total. The van der Waals surface area contributed by atoms with Crippen LogP contribution in [0.5, 0.6) is 5.75 Å². The van der Waals surface area contributed by atoms with Gasteiger partial charge in [-0.25, -0.2) is 0 Å². The molecular weight excluding hydrogens is 394 g/mol. The third kappa shape index (κ3) is 4.65. The minimum atomic E-state index is -0.456. The van der Waals surface area contributed by atoms with Crippen molar-refractivity contribution < 1.29 is 23.8 Å². The number of ether oxygens (including phenoxy) is 3. The Kier molecular flexibility index (Phi) is 6.65. The third-order valence-corrected chi connectivity index (χ3v) is 5.48. The molecule has 156 valence electrons. The molecule has 0 saturated carbocycles. The van der Waals surface area contributed by atoms with Crippen LogP contribution < -0.4 is 4.74 Å². The topological polar surface area (TPSA) is 66.8 Å². The second-order valence-electron chi connectivity index (χ2n) is 7.45. The highest BCUT2D eigenvalue weighted by atomic mass is 35.5. The highest BCUT2D eigenvalue weighted by Crippen LogP contribution is 2.30. The molecule has 2 aromatic rings. The quantitative estimate of drug-likeness (QED) is 0.502. The predicted octanol–water partition coefficient (Wildman–Crippen LogP) is 3.94. The number of ketones is 1. The number of aryl methyl sites for hydroxylation is 1. The summed E-state index contributed by atoms with van der Waals surface area (Å²) in [7, 11) is 1.65. The summed E-state index contributed by atoms with van der Waals surface area (Å²) in [5.74, 6) is -0.386. The van der Waals surface area contributed by atoms with E-state index < -0.39 is 11.9 Å². The molecule has 0 spiro atoms. The molecule has 3 rings (SSSR count). The van der Waals surface area contributed by atoms with E-state index in [1.165, 1.54) is 0 Å². The van der Waals surface area contributed by atoms with Crippen LogP contribution in [0.15, 0.2) is 24.3 Å². The zero-order valence-corrected chi connectivity index (χ0v) is 17.9. The molecule has 2 heterocycles. The smallest absolute Gasteiger partial charge is 0.313 e. The lowest BCUT2D eigenvalue weighted by Gasteiger charge is -2.24. The van der Waals surface area contributed by atoms with E-state index in [-0.39, 0.29) is 25.0 Å². The van der Waals surface area contributed by atoms with E-state index in [1.54, 1.807) is 25.3 Å². The van der Waals surface area contributed by atoms with Crippen LogP contribution in [0.4, 0.5) is 0 Å². The molecule has 1 aliphatic heterocycles. The predicted molar refractivity (Wildman–Crippen MR) is 110 cm³/mol. The first-order chi connectivity index (χ1) is 13.8. The van der Waals surface area contributed by atoms with Crippen molar-refractivity contribution in [1.82, 2.24) is 4.57 Å². The number of nitrogens with zero attached hydrogens (tertiary/aromatic N) is 1. The molecule has 1 aromatic carbocycles. The van der Waals surface area contributed by atoms with E-state index >= 15 is 0 Å². The van der Waals surface area contributed by atoms with Gasteiger partial charge in [0.25, 0.3) is 0 Å². The molecule has 0 radical (unpaired) electrons. The Morgan fingerprint density at radius 3 is 2.79 bits per heavy atom. The highest BCUT2D eigenvalue weighted by molar-refractivity contribution is 6.30. The molecular formula is C22H26ClNO5. The van der Waals surface area contributed by atoms with Gasteiger partial charge in [-0.05, 0) is 57.0 Å². The van der Waals surface area contributed by atoms with Crippen molar-refractivity contribution in [2.24, 2.45) is 5.92 Å². The Morgan fingerprint density at radius 2 is 2.07 bits per heavy atom. The first kappa shape index (κ1) is 21.4. The maximum Gasteiger partial charge on any atom is 0.313 e. The molecule has 7 heteroatoms. The fourth-order valence-corrected chi connectivity index (χ4v) is 4.09. The van der Waals surface area contributed by atoms with Crippen molar-refractivity contribution in [3.05, 3.63) is 51.8 Å². The van der Waals surface area contributed by atoms with E-state index in [0.29, 0.717) is 23.6 Å². The number of benzene rings is 1. The van der Waals surface area contributed by atoms with Crippen LogP contribution in [0.1, 0.15) is 40.3 Å². The third-order valence-electron chi connectivity index (χ3n) is 5.24. The second kappa shape index (κ2) is 9.01. The summed E-state index contributed by atoms with van der Waals surface area (Å²) >= 11 is 6.02. The van der Waals surface area contributed by atoms with Crippen LogP contribution in [-0.4, -0.2) is 43.3 Å². The number of fused-ring (bicyclic) bond motifs is 1. The number of Topliss-reactive ketones (excluding diaryl/α,β-unsaturated/α-hetero) is 1. The number of esters is 1. The highest BCUT2D eigenvalue weighted by Gasteiger charge is 2.28. The summed E-state index contributed by atoms with van der Waals surface area (Å²) in [5, 5.41) is 0.592. The molecule has 0 amide bonds. The summed E-state index contributed by atoms with van der Waals surface area (Å²) in [5.41, 5.74) is 3.25. The number of carbonyl (C=O) groups is 2. The van der Waals surface area contributed by atoms with Gasteiger partial charge in [-0.15, -0.1) is 0 Å². The van der Waals surface area contributed by atoms with E-state index in [0.717, 1.165) is 22.7 Å². The Bertz CT molecular complexity index is 920. The first-order valence-corrected chi connectivity index (χ1v) is 9.98. The fraction of sp³-hybridized carbons (Fsp3) is 0.455. The Hall–Kier alpha value is -2.31. The molecule has 0 bridgehead atoms. The zero-order valence-electron chi connectivity index (χ0n) is 17.2. The number of rotatable bonds is 7. The van der Waals surface area contributed by atoms with Crippen molar-refractivity contribution in [1.29, 1.82) is 0 Å². The van der Waals surface area contributed by atoms with Crippen LogP contribution in [0.2, 0.25) is 5.02 Å². The summed E-state index contributed by atoms with van der Waals surface area (Å²) < 4.78 is 18.2. The number of hydrogen-bond acceptors (Lipinski definition) is 5. The van der Waals surface area contributed by atoms with Gasteiger partial charge in [-0.2, -0.15) is 0 Å². The van der Waals surface area contributed by atoms with E-state index in [4.69, 9.17) is 25.8 Å². The van der Waals surface area contributed by atoms with Crippen LogP contribution in [0, 0.1) is 19.8 Å². The summed E-state index contributed by atoms with van der Waals surface area (Å²) in [6.07, 6.45) is 0.478. The average Bonchev–Trinajstić information content (AvgIpc) is 2.99. The van der Waals surface area contributed by atoms with E-state index in [9.17, 15) is 9.59 Å². The molecule has 0 fully saturated rings. The number of hydrogen-bond donors (Lipinski definition) is 0. The Balaban J connectivity index is 1.62. The normalized spacial score (nSPS) is 16.7. The fourth-order valence-electron chi connectivity index (χ4n) is 3.90. The lowest BCUT2D eigenvalue weighted by Crippen LogP contribution is -2.31. The molecule has 0 aliphatic carbocycles. The van der Waals surface area contributed by atoms with Crippen molar-refractivity contribution in [3.8, 4) is 5.75 Å².